The smallest absolute Gasteiger partial charge is 0.240 e. The molecule has 0 heterocycles. The zero-order valence-corrected chi connectivity index (χ0v) is 12.5. The van der Waals surface area contributed by atoms with Gasteiger partial charge in [0.1, 0.15) is 0 Å². The summed E-state index contributed by atoms with van der Waals surface area (Å²) < 4.78 is 0. The van der Waals surface area contributed by atoms with Crippen molar-refractivity contribution in [3.63, 3.8) is 0 Å². The predicted molar refractivity (Wildman–Crippen MR) is 77.9 cm³/mol. The second-order valence-electron chi connectivity index (χ2n) is 4.72. The molecule has 1 rings (SSSR count). The van der Waals surface area contributed by atoms with Crippen LogP contribution in [0.25, 0.3) is 0 Å². The van der Waals surface area contributed by atoms with Gasteiger partial charge in [-0.3, -0.25) is 4.79 Å². The molecule has 5 heteroatoms. The second kappa shape index (κ2) is 8.22. The predicted octanol–water partition coefficient (Wildman–Crippen LogP) is 2.33. The Hall–Kier alpha value is 0.0700. The largest absolute Gasteiger partial charge is 0.352 e. The van der Waals surface area contributed by atoms with E-state index in [-0.39, 0.29) is 24.4 Å². The Labute approximate surface area is 115 Å². The maximum atomic E-state index is 12.0. The average Bonchev–Trinajstić information content (AvgIpc) is 2.67. The molecule has 0 spiro atoms. The van der Waals surface area contributed by atoms with Crippen LogP contribution < -0.4 is 11.1 Å². The zero-order chi connectivity index (χ0) is 12.0. The van der Waals surface area contributed by atoms with Crippen LogP contribution in [0.5, 0.6) is 0 Å². The summed E-state index contributed by atoms with van der Waals surface area (Å²) >= 11 is 1.91. The fourth-order valence-electron chi connectivity index (χ4n) is 2.08. The van der Waals surface area contributed by atoms with Crippen molar-refractivity contribution in [3.05, 3.63) is 0 Å². The average molecular weight is 281 g/mol. The molecule has 0 aromatic heterocycles. The molecule has 0 saturated heterocycles. The minimum absolute atomic E-state index is 0. The topological polar surface area (TPSA) is 55.1 Å². The van der Waals surface area contributed by atoms with Crippen LogP contribution in [0.4, 0.5) is 0 Å². The van der Waals surface area contributed by atoms with E-state index in [4.69, 9.17) is 5.73 Å². The summed E-state index contributed by atoms with van der Waals surface area (Å²) in [6, 6.07) is 0.243. The lowest BCUT2D eigenvalue weighted by atomic mass is 9.97. The molecular formula is C12H25ClN2OS. The molecule has 1 unspecified atom stereocenters. The molecule has 17 heavy (non-hydrogen) atoms. The Morgan fingerprint density at radius 3 is 2.59 bits per heavy atom. The highest BCUT2D eigenvalue weighted by Gasteiger charge is 2.37. The van der Waals surface area contributed by atoms with Crippen molar-refractivity contribution in [1.29, 1.82) is 0 Å². The molecular weight excluding hydrogens is 256 g/mol. The Kier molecular flexibility index (Phi) is 8.25. The summed E-state index contributed by atoms with van der Waals surface area (Å²) in [6.07, 6.45) is 4.89. The molecule has 0 aromatic carbocycles. The normalized spacial score (nSPS) is 19.5. The first-order valence-corrected chi connectivity index (χ1v) is 7.41. The lowest BCUT2D eigenvalue weighted by Crippen LogP contribution is -2.54. The van der Waals surface area contributed by atoms with Crippen LogP contribution in [0.1, 0.15) is 46.0 Å². The number of halogens is 1. The van der Waals surface area contributed by atoms with Crippen molar-refractivity contribution in [2.75, 3.05) is 11.5 Å². The third-order valence-electron chi connectivity index (χ3n) is 3.22. The molecule has 0 bridgehead atoms. The first-order valence-electron chi connectivity index (χ1n) is 6.26. The fraction of sp³-hybridized carbons (Fsp3) is 0.917. The highest BCUT2D eigenvalue weighted by Crippen LogP contribution is 2.27. The fourth-order valence-corrected chi connectivity index (χ4v) is 2.89. The molecule has 1 aliphatic rings. The van der Waals surface area contributed by atoms with E-state index in [0.717, 1.165) is 43.6 Å². The monoisotopic (exact) mass is 280 g/mol. The molecule has 0 radical (unpaired) electrons. The second-order valence-corrected chi connectivity index (χ2v) is 6.12. The minimum Gasteiger partial charge on any atom is -0.352 e. The number of nitrogens with one attached hydrogen (secondary N) is 1. The third kappa shape index (κ3) is 5.49. The molecule has 102 valence electrons. The first-order chi connectivity index (χ1) is 7.58. The van der Waals surface area contributed by atoms with E-state index in [0.29, 0.717) is 0 Å². The molecule has 1 aliphatic carbocycles. The van der Waals surface area contributed by atoms with Gasteiger partial charge in [-0.2, -0.15) is 11.8 Å². The number of thioether (sulfide) groups is 1. The highest BCUT2D eigenvalue weighted by molar-refractivity contribution is 7.99. The molecule has 0 aliphatic heterocycles. The first kappa shape index (κ1) is 17.1. The van der Waals surface area contributed by atoms with E-state index in [9.17, 15) is 4.79 Å². The number of carbonyl (C=O) groups is 1. The van der Waals surface area contributed by atoms with Gasteiger partial charge in [-0.1, -0.05) is 19.8 Å². The van der Waals surface area contributed by atoms with E-state index in [1.54, 1.807) is 0 Å². The lowest BCUT2D eigenvalue weighted by molar-refractivity contribution is -0.126. The van der Waals surface area contributed by atoms with Crippen molar-refractivity contribution in [2.24, 2.45) is 5.73 Å². The Balaban J connectivity index is 0.00000256. The molecule has 3 nitrogen and oxygen atoms in total. The lowest BCUT2D eigenvalue weighted by Gasteiger charge is -2.25. The van der Waals surface area contributed by atoms with Gasteiger partial charge in [-0.05, 0) is 37.7 Å². The van der Waals surface area contributed by atoms with Crippen LogP contribution in [-0.2, 0) is 4.79 Å². The number of nitrogens with two attached hydrogens (primary N) is 1. The van der Waals surface area contributed by atoms with Crippen LogP contribution >= 0.6 is 24.2 Å². The van der Waals surface area contributed by atoms with Gasteiger partial charge in [0.2, 0.25) is 5.91 Å². The standard InChI is InChI=1S/C12H24N2OS.ClH/c1-3-16-9-6-10(2)14-11(15)12(13)7-4-5-8-12;/h10H,3-9,13H2,1-2H3,(H,14,15);1H. The van der Waals surface area contributed by atoms with Crippen LogP contribution in [0, 0.1) is 0 Å². The van der Waals surface area contributed by atoms with Crippen LogP contribution in [0.2, 0.25) is 0 Å². The van der Waals surface area contributed by atoms with Gasteiger partial charge >= 0.3 is 0 Å². The molecule has 1 fully saturated rings. The SMILES string of the molecule is CCSCCC(C)NC(=O)C1(N)CCCC1.Cl. The van der Waals surface area contributed by atoms with Gasteiger partial charge in [-0.25, -0.2) is 0 Å². The quantitative estimate of drug-likeness (QED) is 0.734. The minimum atomic E-state index is -0.577. The molecule has 1 amide bonds. The number of rotatable bonds is 6. The van der Waals surface area contributed by atoms with Crippen molar-refractivity contribution in [1.82, 2.24) is 5.32 Å². The van der Waals surface area contributed by atoms with E-state index in [2.05, 4.69) is 19.2 Å². The highest BCUT2D eigenvalue weighted by atomic mass is 35.5. The van der Waals surface area contributed by atoms with Gasteiger partial charge in [0.15, 0.2) is 0 Å². The van der Waals surface area contributed by atoms with Gasteiger partial charge in [-0.15, -0.1) is 12.4 Å². The van der Waals surface area contributed by atoms with Crippen LogP contribution in [0.3, 0.4) is 0 Å². The van der Waals surface area contributed by atoms with Crippen molar-refractivity contribution in [3.8, 4) is 0 Å². The van der Waals surface area contributed by atoms with Crippen molar-refractivity contribution in [2.45, 2.75) is 57.5 Å². The van der Waals surface area contributed by atoms with E-state index in [1.807, 2.05) is 11.8 Å². The molecule has 1 saturated carbocycles. The van der Waals surface area contributed by atoms with Crippen molar-refractivity contribution < 1.29 is 4.79 Å². The molecule has 1 atom stereocenters. The van der Waals surface area contributed by atoms with E-state index in [1.165, 1.54) is 0 Å². The van der Waals surface area contributed by atoms with E-state index < -0.39 is 5.54 Å². The van der Waals surface area contributed by atoms with Crippen molar-refractivity contribution >= 4 is 30.1 Å². The van der Waals surface area contributed by atoms with Crippen LogP contribution in [-0.4, -0.2) is 29.0 Å². The Bertz CT molecular complexity index is 233. The third-order valence-corrected chi connectivity index (χ3v) is 4.16. The molecule has 3 N–H and O–H groups in total. The van der Waals surface area contributed by atoms with Gasteiger partial charge in [0.25, 0.3) is 0 Å². The Morgan fingerprint density at radius 1 is 1.47 bits per heavy atom. The number of carbonyl (C=O) groups excluding carboxylic acids is 1. The summed E-state index contributed by atoms with van der Waals surface area (Å²) in [5, 5.41) is 3.04. The zero-order valence-electron chi connectivity index (χ0n) is 10.8. The summed E-state index contributed by atoms with van der Waals surface area (Å²) in [4.78, 5) is 12.0. The summed E-state index contributed by atoms with van der Waals surface area (Å²) in [5.74, 6) is 2.30. The Morgan fingerprint density at radius 2 is 2.06 bits per heavy atom. The van der Waals surface area contributed by atoms with Gasteiger partial charge in [0, 0.05) is 6.04 Å². The number of hydrogen-bond donors (Lipinski definition) is 2. The molecule has 0 aromatic rings. The van der Waals surface area contributed by atoms with E-state index >= 15 is 0 Å². The summed E-state index contributed by atoms with van der Waals surface area (Å²) in [7, 11) is 0. The maximum absolute atomic E-state index is 12.0. The van der Waals surface area contributed by atoms with Crippen LogP contribution in [0.15, 0.2) is 0 Å². The summed E-state index contributed by atoms with van der Waals surface area (Å²) in [5.41, 5.74) is 5.51. The number of hydrogen-bond acceptors (Lipinski definition) is 3. The maximum Gasteiger partial charge on any atom is 0.240 e. The number of amides is 1. The van der Waals surface area contributed by atoms with Gasteiger partial charge in [0.05, 0.1) is 5.54 Å². The van der Waals surface area contributed by atoms with Gasteiger partial charge < -0.3 is 11.1 Å². The summed E-state index contributed by atoms with van der Waals surface area (Å²) in [6.45, 7) is 4.22.